The van der Waals surface area contributed by atoms with Crippen LogP contribution in [0.15, 0.2) is 0 Å². The van der Waals surface area contributed by atoms with Gasteiger partial charge in [-0.15, -0.1) is 0 Å². The number of nitrogens with zero attached hydrogens (tertiary/aromatic N) is 1. The van der Waals surface area contributed by atoms with Crippen LogP contribution in [0.25, 0.3) is 0 Å². The maximum absolute atomic E-state index is 11.8. The lowest BCUT2D eigenvalue weighted by Gasteiger charge is -2.29. The van der Waals surface area contributed by atoms with Gasteiger partial charge in [0, 0.05) is 19.5 Å². The molecule has 0 aromatic heterocycles. The lowest BCUT2D eigenvalue weighted by Crippen LogP contribution is -2.37. The number of rotatable bonds is 7. The number of nitrogens with one attached hydrogen (secondary N) is 1. The molecule has 0 unspecified atom stereocenters. The molecule has 1 fully saturated rings. The predicted molar refractivity (Wildman–Crippen MR) is 67.3 cm³/mol. The summed E-state index contributed by atoms with van der Waals surface area (Å²) >= 11 is 0. The zero-order valence-corrected chi connectivity index (χ0v) is 11.0. The Kier molecular flexibility index (Phi) is 5.81. The third-order valence-electron chi connectivity index (χ3n) is 3.23. The van der Waals surface area contributed by atoms with Gasteiger partial charge in [0.05, 0.1) is 0 Å². The highest BCUT2D eigenvalue weighted by atomic mass is 16.2. The van der Waals surface area contributed by atoms with Gasteiger partial charge in [0.15, 0.2) is 0 Å². The van der Waals surface area contributed by atoms with Crippen molar-refractivity contribution in [3.63, 3.8) is 0 Å². The van der Waals surface area contributed by atoms with Gasteiger partial charge in [0.25, 0.3) is 0 Å². The average molecular weight is 226 g/mol. The van der Waals surface area contributed by atoms with Gasteiger partial charge in [0.1, 0.15) is 0 Å². The van der Waals surface area contributed by atoms with Crippen LogP contribution in [0.3, 0.4) is 0 Å². The molecule has 1 aliphatic carbocycles. The largest absolute Gasteiger partial charge is 0.345 e. The lowest BCUT2D eigenvalue weighted by atomic mass is 9.84. The van der Waals surface area contributed by atoms with E-state index < -0.39 is 0 Å². The molecule has 0 atom stereocenters. The number of carbonyl (C=O) groups is 1. The van der Waals surface area contributed by atoms with Crippen molar-refractivity contribution in [1.82, 2.24) is 10.2 Å². The van der Waals surface area contributed by atoms with E-state index in [2.05, 4.69) is 19.2 Å². The van der Waals surface area contributed by atoms with E-state index in [0.29, 0.717) is 17.7 Å². The van der Waals surface area contributed by atoms with Crippen molar-refractivity contribution in [3.05, 3.63) is 0 Å². The van der Waals surface area contributed by atoms with E-state index in [0.717, 1.165) is 38.9 Å². The Morgan fingerprint density at radius 3 is 2.62 bits per heavy atom. The van der Waals surface area contributed by atoms with Crippen molar-refractivity contribution < 1.29 is 4.79 Å². The Morgan fingerprint density at radius 2 is 2.12 bits per heavy atom. The Balaban J connectivity index is 2.01. The second kappa shape index (κ2) is 6.89. The molecular formula is C13H26N2O. The molecule has 1 N–H and O–H groups in total. The highest BCUT2D eigenvalue weighted by Gasteiger charge is 2.27. The first kappa shape index (κ1) is 13.5. The van der Waals surface area contributed by atoms with Gasteiger partial charge in [-0.1, -0.05) is 20.3 Å². The van der Waals surface area contributed by atoms with E-state index in [-0.39, 0.29) is 0 Å². The normalized spacial score (nSPS) is 16.2. The van der Waals surface area contributed by atoms with Crippen molar-refractivity contribution in [2.75, 3.05) is 26.7 Å². The van der Waals surface area contributed by atoms with Crippen LogP contribution in [0.5, 0.6) is 0 Å². The number of hydrogen-bond donors (Lipinski definition) is 1. The third-order valence-corrected chi connectivity index (χ3v) is 3.23. The summed E-state index contributed by atoms with van der Waals surface area (Å²) < 4.78 is 0. The van der Waals surface area contributed by atoms with Gasteiger partial charge in [-0.2, -0.15) is 0 Å². The van der Waals surface area contributed by atoms with Crippen molar-refractivity contribution in [1.29, 1.82) is 0 Å². The van der Waals surface area contributed by atoms with Crippen LogP contribution >= 0.6 is 0 Å². The molecule has 1 saturated carbocycles. The molecular weight excluding hydrogens is 200 g/mol. The molecule has 0 aliphatic heterocycles. The van der Waals surface area contributed by atoms with Crippen molar-refractivity contribution in [2.24, 2.45) is 11.8 Å². The van der Waals surface area contributed by atoms with Crippen LogP contribution in [0, 0.1) is 11.8 Å². The van der Waals surface area contributed by atoms with Crippen LogP contribution in [-0.2, 0) is 4.79 Å². The number of hydrogen-bond acceptors (Lipinski definition) is 2. The molecule has 1 aliphatic rings. The van der Waals surface area contributed by atoms with E-state index in [1.165, 1.54) is 6.42 Å². The standard InChI is InChI=1S/C13H26N2O/c1-11(2)10-14-8-5-9-15(3)13(16)12-6-4-7-12/h11-12,14H,4-10H2,1-3H3. The monoisotopic (exact) mass is 226 g/mol. The molecule has 1 rings (SSSR count). The van der Waals surface area contributed by atoms with Crippen LogP contribution in [0.4, 0.5) is 0 Å². The van der Waals surface area contributed by atoms with Crippen molar-refractivity contribution in [2.45, 2.75) is 39.5 Å². The molecule has 0 aromatic carbocycles. The Hall–Kier alpha value is -0.570. The molecule has 0 spiro atoms. The zero-order chi connectivity index (χ0) is 12.0. The molecule has 3 heteroatoms. The van der Waals surface area contributed by atoms with Crippen LogP contribution in [0.1, 0.15) is 39.5 Å². The highest BCUT2D eigenvalue weighted by molar-refractivity contribution is 5.79. The SMILES string of the molecule is CC(C)CNCCCN(C)C(=O)C1CCC1. The minimum Gasteiger partial charge on any atom is -0.345 e. The van der Waals surface area contributed by atoms with E-state index in [1.54, 1.807) is 0 Å². The van der Waals surface area contributed by atoms with Gasteiger partial charge in [0.2, 0.25) is 5.91 Å². The van der Waals surface area contributed by atoms with Crippen molar-refractivity contribution >= 4 is 5.91 Å². The maximum atomic E-state index is 11.8. The van der Waals surface area contributed by atoms with Gasteiger partial charge < -0.3 is 10.2 Å². The Labute approximate surface area is 99.6 Å². The molecule has 0 radical (unpaired) electrons. The first-order valence-electron chi connectivity index (χ1n) is 6.57. The van der Waals surface area contributed by atoms with E-state index in [4.69, 9.17) is 0 Å². The first-order chi connectivity index (χ1) is 7.61. The van der Waals surface area contributed by atoms with Crippen LogP contribution in [0.2, 0.25) is 0 Å². The molecule has 0 aromatic rings. The zero-order valence-electron chi connectivity index (χ0n) is 11.0. The smallest absolute Gasteiger partial charge is 0.225 e. The van der Waals surface area contributed by atoms with Crippen LogP contribution in [-0.4, -0.2) is 37.5 Å². The molecule has 0 bridgehead atoms. The van der Waals surface area contributed by atoms with Gasteiger partial charge >= 0.3 is 0 Å². The predicted octanol–water partition coefficient (Wildman–Crippen LogP) is 1.88. The van der Waals surface area contributed by atoms with E-state index >= 15 is 0 Å². The van der Waals surface area contributed by atoms with Gasteiger partial charge in [-0.05, 0) is 38.3 Å². The number of amides is 1. The molecule has 16 heavy (non-hydrogen) atoms. The topological polar surface area (TPSA) is 32.3 Å². The summed E-state index contributed by atoms with van der Waals surface area (Å²) in [7, 11) is 1.93. The van der Waals surface area contributed by atoms with E-state index in [1.807, 2.05) is 11.9 Å². The minimum absolute atomic E-state index is 0.341. The Morgan fingerprint density at radius 1 is 1.44 bits per heavy atom. The summed E-state index contributed by atoms with van der Waals surface area (Å²) in [5, 5.41) is 3.40. The van der Waals surface area contributed by atoms with Gasteiger partial charge in [-0.25, -0.2) is 0 Å². The fourth-order valence-corrected chi connectivity index (χ4v) is 1.91. The first-order valence-corrected chi connectivity index (χ1v) is 6.57. The fourth-order valence-electron chi connectivity index (χ4n) is 1.91. The Bertz CT molecular complexity index is 212. The molecule has 3 nitrogen and oxygen atoms in total. The van der Waals surface area contributed by atoms with Crippen LogP contribution < -0.4 is 5.32 Å². The molecule has 0 saturated heterocycles. The summed E-state index contributed by atoms with van der Waals surface area (Å²) in [4.78, 5) is 13.7. The molecule has 0 heterocycles. The minimum atomic E-state index is 0.341. The number of carbonyl (C=O) groups excluding carboxylic acids is 1. The maximum Gasteiger partial charge on any atom is 0.225 e. The second-order valence-corrected chi connectivity index (χ2v) is 5.34. The molecule has 94 valence electrons. The highest BCUT2D eigenvalue weighted by Crippen LogP contribution is 2.27. The lowest BCUT2D eigenvalue weighted by molar-refractivity contribution is -0.136. The average Bonchev–Trinajstić information content (AvgIpc) is 2.13. The quantitative estimate of drug-likeness (QED) is 0.672. The van der Waals surface area contributed by atoms with Gasteiger partial charge in [-0.3, -0.25) is 4.79 Å². The summed E-state index contributed by atoms with van der Waals surface area (Å²) in [6.45, 7) is 7.39. The molecule has 1 amide bonds. The fraction of sp³-hybridized carbons (Fsp3) is 0.923. The van der Waals surface area contributed by atoms with E-state index in [9.17, 15) is 4.79 Å². The summed E-state index contributed by atoms with van der Waals surface area (Å²) in [5.41, 5.74) is 0. The second-order valence-electron chi connectivity index (χ2n) is 5.34. The summed E-state index contributed by atoms with van der Waals surface area (Å²) in [5.74, 6) is 1.40. The van der Waals surface area contributed by atoms with Crippen molar-refractivity contribution in [3.8, 4) is 0 Å². The third kappa shape index (κ3) is 4.52. The summed E-state index contributed by atoms with van der Waals surface area (Å²) in [6.07, 6.45) is 4.51. The summed E-state index contributed by atoms with van der Waals surface area (Å²) in [6, 6.07) is 0.